The standard InChI is InChI=1S/C28H32Cl2N6O3S/c1-27(2,3)19-9-11-23(21(30)15-19)36-26(32-33-34-36)40-17-24(37)31-22-10-8-18(14-20(22)29)12-13-28(4,5)39-16-25(38)35(6)7/h8-11,14-15H,16-17H2,1-7H3,(H,31,37). The number of benzene rings is 2. The molecule has 0 radical (unpaired) electrons. The minimum atomic E-state index is -0.837. The van der Waals surface area contributed by atoms with E-state index in [2.05, 4.69) is 53.5 Å². The number of thioether (sulfide) groups is 1. The van der Waals surface area contributed by atoms with Crippen LogP contribution in [-0.2, 0) is 19.7 Å². The summed E-state index contributed by atoms with van der Waals surface area (Å²) in [6, 6.07) is 10.8. The molecular formula is C28H32Cl2N6O3S. The van der Waals surface area contributed by atoms with Gasteiger partial charge in [0.05, 0.1) is 27.2 Å². The molecule has 1 heterocycles. The van der Waals surface area contributed by atoms with Crippen LogP contribution < -0.4 is 5.32 Å². The Labute approximate surface area is 248 Å². The van der Waals surface area contributed by atoms with Crippen molar-refractivity contribution in [3.63, 3.8) is 0 Å². The van der Waals surface area contributed by atoms with Crippen molar-refractivity contribution in [3.8, 4) is 17.5 Å². The van der Waals surface area contributed by atoms with Crippen LogP contribution in [0.4, 0.5) is 5.69 Å². The van der Waals surface area contributed by atoms with Crippen LogP contribution in [0.1, 0.15) is 45.7 Å². The van der Waals surface area contributed by atoms with Gasteiger partial charge in [0.1, 0.15) is 12.2 Å². The molecule has 0 bridgehead atoms. The van der Waals surface area contributed by atoms with Crippen LogP contribution in [-0.4, -0.2) is 69.0 Å². The fourth-order valence-electron chi connectivity index (χ4n) is 3.21. The van der Waals surface area contributed by atoms with Crippen molar-refractivity contribution in [1.82, 2.24) is 25.1 Å². The molecule has 0 spiro atoms. The summed E-state index contributed by atoms with van der Waals surface area (Å²) >= 11 is 14.1. The predicted molar refractivity (Wildman–Crippen MR) is 159 cm³/mol. The van der Waals surface area contributed by atoms with Crippen molar-refractivity contribution in [3.05, 3.63) is 57.6 Å². The summed E-state index contributed by atoms with van der Waals surface area (Å²) in [4.78, 5) is 25.9. The predicted octanol–water partition coefficient (Wildman–Crippen LogP) is 5.23. The maximum Gasteiger partial charge on any atom is 0.248 e. The van der Waals surface area contributed by atoms with Crippen LogP contribution in [0.3, 0.4) is 0 Å². The van der Waals surface area contributed by atoms with E-state index in [0.29, 0.717) is 32.1 Å². The van der Waals surface area contributed by atoms with Gasteiger partial charge in [0.15, 0.2) is 0 Å². The third-order valence-electron chi connectivity index (χ3n) is 5.62. The number of ether oxygens (including phenoxy) is 1. The second-order valence-corrected chi connectivity index (χ2v) is 12.4. The zero-order valence-corrected chi connectivity index (χ0v) is 25.8. The smallest absolute Gasteiger partial charge is 0.248 e. The minimum absolute atomic E-state index is 0.0488. The van der Waals surface area contributed by atoms with Crippen LogP contribution in [0.15, 0.2) is 41.6 Å². The lowest BCUT2D eigenvalue weighted by molar-refractivity contribution is -0.136. The number of amides is 2. The van der Waals surface area contributed by atoms with E-state index in [0.717, 1.165) is 5.56 Å². The zero-order chi connectivity index (χ0) is 29.7. The van der Waals surface area contributed by atoms with Crippen LogP contribution in [0.5, 0.6) is 0 Å². The minimum Gasteiger partial charge on any atom is -0.353 e. The van der Waals surface area contributed by atoms with Crippen molar-refractivity contribution in [1.29, 1.82) is 0 Å². The Morgan fingerprint density at radius 2 is 1.80 bits per heavy atom. The molecule has 12 heteroatoms. The van der Waals surface area contributed by atoms with Gasteiger partial charge in [0.25, 0.3) is 0 Å². The van der Waals surface area contributed by atoms with E-state index in [4.69, 9.17) is 27.9 Å². The van der Waals surface area contributed by atoms with Gasteiger partial charge < -0.3 is 15.0 Å². The van der Waals surface area contributed by atoms with Gasteiger partial charge in [-0.2, -0.15) is 4.68 Å². The molecule has 40 heavy (non-hydrogen) atoms. The summed E-state index contributed by atoms with van der Waals surface area (Å²) in [5.41, 5.74) is 1.91. The van der Waals surface area contributed by atoms with E-state index in [1.165, 1.54) is 21.3 Å². The fraction of sp³-hybridized carbons (Fsp3) is 0.393. The van der Waals surface area contributed by atoms with Gasteiger partial charge in [-0.25, -0.2) is 0 Å². The number of carbonyl (C=O) groups excluding carboxylic acids is 2. The summed E-state index contributed by atoms with van der Waals surface area (Å²) < 4.78 is 7.13. The average molecular weight is 604 g/mol. The number of likely N-dealkylation sites (N-methyl/N-ethyl adjacent to an activating group) is 1. The van der Waals surface area contributed by atoms with Gasteiger partial charge in [0.2, 0.25) is 17.0 Å². The Balaban J connectivity index is 1.61. The van der Waals surface area contributed by atoms with Gasteiger partial charge in [-0.3, -0.25) is 9.59 Å². The van der Waals surface area contributed by atoms with Crippen LogP contribution in [0, 0.1) is 11.8 Å². The molecule has 2 amide bonds. The maximum atomic E-state index is 12.7. The summed E-state index contributed by atoms with van der Waals surface area (Å²) in [7, 11) is 3.33. The molecule has 1 aromatic heterocycles. The largest absolute Gasteiger partial charge is 0.353 e. The van der Waals surface area contributed by atoms with E-state index in [-0.39, 0.29) is 29.6 Å². The van der Waals surface area contributed by atoms with E-state index in [1.807, 2.05) is 18.2 Å². The fourth-order valence-corrected chi connectivity index (χ4v) is 4.38. The molecule has 0 unspecified atom stereocenters. The first-order valence-electron chi connectivity index (χ1n) is 12.3. The molecule has 0 fully saturated rings. The summed E-state index contributed by atoms with van der Waals surface area (Å²) in [6.45, 7) is 9.82. The molecule has 9 nitrogen and oxygen atoms in total. The molecule has 0 saturated heterocycles. The first kappa shape index (κ1) is 31.4. The Morgan fingerprint density at radius 1 is 1.07 bits per heavy atom. The topological polar surface area (TPSA) is 102 Å². The molecule has 2 aromatic carbocycles. The van der Waals surface area contributed by atoms with Crippen molar-refractivity contribution < 1.29 is 14.3 Å². The highest BCUT2D eigenvalue weighted by atomic mass is 35.5. The average Bonchev–Trinajstić information content (AvgIpc) is 3.34. The summed E-state index contributed by atoms with van der Waals surface area (Å²) in [6.07, 6.45) is 0. The maximum absolute atomic E-state index is 12.7. The number of nitrogens with one attached hydrogen (secondary N) is 1. The van der Waals surface area contributed by atoms with Gasteiger partial charge in [-0.15, -0.1) is 5.10 Å². The third kappa shape index (κ3) is 8.70. The highest BCUT2D eigenvalue weighted by Gasteiger charge is 2.19. The first-order valence-corrected chi connectivity index (χ1v) is 14.1. The van der Waals surface area contributed by atoms with Crippen molar-refractivity contribution in [2.24, 2.45) is 0 Å². The number of aromatic nitrogens is 4. The van der Waals surface area contributed by atoms with Crippen LogP contribution >= 0.6 is 35.0 Å². The normalized spacial score (nSPS) is 11.5. The van der Waals surface area contributed by atoms with Gasteiger partial charge >= 0.3 is 0 Å². The third-order valence-corrected chi connectivity index (χ3v) is 7.16. The van der Waals surface area contributed by atoms with Gasteiger partial charge in [0, 0.05) is 19.7 Å². The van der Waals surface area contributed by atoms with E-state index >= 15 is 0 Å². The Hall–Kier alpha value is -3.10. The number of hydrogen-bond acceptors (Lipinski definition) is 7. The second kappa shape index (κ2) is 13.0. The van der Waals surface area contributed by atoms with Gasteiger partial charge in [-0.05, 0) is 65.6 Å². The van der Waals surface area contributed by atoms with Crippen LogP contribution in [0.2, 0.25) is 10.0 Å². The molecule has 0 aliphatic heterocycles. The molecule has 0 aliphatic carbocycles. The molecule has 212 valence electrons. The number of nitrogens with zero attached hydrogens (tertiary/aromatic N) is 5. The van der Waals surface area contributed by atoms with Crippen molar-refractivity contribution >= 4 is 52.5 Å². The lowest BCUT2D eigenvalue weighted by atomic mass is 9.87. The lowest BCUT2D eigenvalue weighted by Gasteiger charge is -2.20. The monoisotopic (exact) mass is 602 g/mol. The molecule has 0 atom stereocenters. The van der Waals surface area contributed by atoms with E-state index in [9.17, 15) is 9.59 Å². The van der Waals surface area contributed by atoms with E-state index < -0.39 is 5.60 Å². The number of halogens is 2. The Bertz CT molecular complexity index is 1450. The summed E-state index contributed by atoms with van der Waals surface area (Å²) in [5, 5.41) is 15.9. The van der Waals surface area contributed by atoms with Crippen LogP contribution in [0.25, 0.3) is 5.69 Å². The number of anilines is 1. The molecule has 1 N–H and O–H groups in total. The molecule has 3 aromatic rings. The molecule has 0 aliphatic rings. The zero-order valence-electron chi connectivity index (χ0n) is 23.5. The number of rotatable bonds is 8. The Morgan fingerprint density at radius 3 is 2.42 bits per heavy atom. The molecule has 3 rings (SSSR count). The highest BCUT2D eigenvalue weighted by molar-refractivity contribution is 7.99. The quantitative estimate of drug-likeness (QED) is 0.278. The number of carbonyl (C=O) groups is 2. The first-order chi connectivity index (χ1) is 18.7. The van der Waals surface area contributed by atoms with Crippen molar-refractivity contribution in [2.75, 3.05) is 31.8 Å². The molecular weight excluding hydrogens is 571 g/mol. The lowest BCUT2D eigenvalue weighted by Crippen LogP contribution is -2.32. The SMILES string of the molecule is CN(C)C(=O)COC(C)(C)C#Cc1ccc(NC(=O)CSc2nnnn2-c2ccc(C(C)(C)C)cc2Cl)c(Cl)c1. The highest BCUT2D eigenvalue weighted by Crippen LogP contribution is 2.30. The number of tetrazole rings is 1. The van der Waals surface area contributed by atoms with Gasteiger partial charge in [-0.1, -0.05) is 73.6 Å². The number of hydrogen-bond donors (Lipinski definition) is 1. The van der Waals surface area contributed by atoms with E-state index in [1.54, 1.807) is 46.1 Å². The second-order valence-electron chi connectivity index (χ2n) is 10.7. The summed E-state index contributed by atoms with van der Waals surface area (Å²) in [5.74, 6) is 5.63. The Kier molecular flexibility index (Phi) is 10.2. The molecule has 0 saturated carbocycles. The van der Waals surface area contributed by atoms with Crippen molar-refractivity contribution in [2.45, 2.75) is 50.8 Å².